The molecule has 13 heavy (non-hydrogen) atoms. The largest absolute Gasteiger partial charge is 0.477 e. The van der Waals surface area contributed by atoms with Crippen LogP contribution in [-0.2, 0) is 9.59 Å². The molecule has 5 nitrogen and oxygen atoms in total. The number of carboxylic acids is 1. The lowest BCUT2D eigenvalue weighted by Gasteiger charge is -2.47. The molecule has 0 aliphatic carbocycles. The maximum absolute atomic E-state index is 11.2. The smallest absolute Gasteiger partial charge is 0.352 e. The Bertz CT molecular complexity index is 311. The molecule has 1 fully saturated rings. The Kier molecular flexibility index (Phi) is 1.63. The summed E-state index contributed by atoms with van der Waals surface area (Å²) < 4.78 is 0. The van der Waals surface area contributed by atoms with E-state index < -0.39 is 12.0 Å². The second-order valence-corrected chi connectivity index (χ2v) is 3.27. The summed E-state index contributed by atoms with van der Waals surface area (Å²) in [5.41, 5.74) is 5.61. The number of fused-ring (bicyclic) bond motifs is 1. The van der Waals surface area contributed by atoms with Gasteiger partial charge in [0.15, 0.2) is 0 Å². The van der Waals surface area contributed by atoms with Crippen LogP contribution in [0.3, 0.4) is 0 Å². The zero-order valence-electron chi connectivity index (χ0n) is 6.93. The number of amides is 1. The quantitative estimate of drug-likeness (QED) is 0.524. The molecule has 0 saturated carbocycles. The Hall–Kier alpha value is -1.36. The minimum atomic E-state index is -1.05. The highest BCUT2D eigenvalue weighted by Gasteiger charge is 2.49. The van der Waals surface area contributed by atoms with Crippen molar-refractivity contribution in [3.8, 4) is 0 Å². The van der Waals surface area contributed by atoms with Crippen molar-refractivity contribution in [1.29, 1.82) is 0 Å². The number of hydrogen-bond acceptors (Lipinski definition) is 3. The van der Waals surface area contributed by atoms with E-state index in [9.17, 15) is 9.59 Å². The fraction of sp³-hybridized carbons (Fsp3) is 0.500. The summed E-state index contributed by atoms with van der Waals surface area (Å²) in [6.45, 7) is 0. The molecule has 2 atom stereocenters. The van der Waals surface area contributed by atoms with E-state index in [4.69, 9.17) is 10.8 Å². The zero-order valence-corrected chi connectivity index (χ0v) is 6.93. The van der Waals surface area contributed by atoms with Crippen molar-refractivity contribution in [2.75, 3.05) is 0 Å². The summed E-state index contributed by atoms with van der Waals surface area (Å²) in [6.07, 6.45) is 3.02. The first-order valence-electron chi connectivity index (χ1n) is 4.15. The minimum absolute atomic E-state index is 0.0861. The molecule has 0 aromatic heterocycles. The predicted molar refractivity (Wildman–Crippen MR) is 43.6 cm³/mol. The molecule has 1 amide bonds. The van der Waals surface area contributed by atoms with E-state index in [-0.39, 0.29) is 17.6 Å². The lowest BCUT2D eigenvalue weighted by molar-refractivity contribution is -0.152. The Morgan fingerprint density at radius 3 is 3.00 bits per heavy atom. The molecular weight excluding hydrogens is 172 g/mol. The van der Waals surface area contributed by atoms with Crippen LogP contribution < -0.4 is 5.73 Å². The monoisotopic (exact) mass is 182 g/mol. The first-order chi connectivity index (χ1) is 6.13. The van der Waals surface area contributed by atoms with Crippen LogP contribution in [0.2, 0.25) is 0 Å². The molecule has 0 aromatic rings. The van der Waals surface area contributed by atoms with E-state index >= 15 is 0 Å². The normalized spacial score (nSPS) is 31.9. The van der Waals surface area contributed by atoms with E-state index in [0.29, 0.717) is 6.42 Å². The van der Waals surface area contributed by atoms with Gasteiger partial charge in [-0.3, -0.25) is 9.69 Å². The summed E-state index contributed by atoms with van der Waals surface area (Å²) >= 11 is 0. The number of nitrogens with two attached hydrogens (primary N) is 1. The molecule has 2 aliphatic heterocycles. The molecule has 2 aliphatic rings. The van der Waals surface area contributed by atoms with Crippen LogP contribution in [0.5, 0.6) is 0 Å². The van der Waals surface area contributed by atoms with Crippen molar-refractivity contribution >= 4 is 11.9 Å². The highest BCUT2D eigenvalue weighted by atomic mass is 16.4. The van der Waals surface area contributed by atoms with Crippen molar-refractivity contribution in [2.45, 2.75) is 24.9 Å². The van der Waals surface area contributed by atoms with Crippen molar-refractivity contribution in [1.82, 2.24) is 4.90 Å². The summed E-state index contributed by atoms with van der Waals surface area (Å²) in [5, 5.41) is 8.76. The van der Waals surface area contributed by atoms with Gasteiger partial charge in [-0.1, -0.05) is 6.08 Å². The van der Waals surface area contributed by atoms with Crippen LogP contribution in [0, 0.1) is 0 Å². The van der Waals surface area contributed by atoms with Gasteiger partial charge in [0.25, 0.3) is 0 Å². The predicted octanol–water partition coefficient (Wildman–Crippen LogP) is -0.713. The van der Waals surface area contributed by atoms with E-state index in [1.54, 1.807) is 6.08 Å². The number of aliphatic carboxylic acids is 1. The second-order valence-electron chi connectivity index (χ2n) is 3.27. The van der Waals surface area contributed by atoms with Crippen LogP contribution in [0.1, 0.15) is 12.8 Å². The third kappa shape index (κ3) is 0.968. The molecule has 2 rings (SSSR count). The van der Waals surface area contributed by atoms with Gasteiger partial charge in [-0.15, -0.1) is 0 Å². The molecule has 3 N–H and O–H groups in total. The standard InChI is InChI=1S/C8H10N2O3/c9-6-4-2-1-3-5(8(12)13)10(4)7(6)11/h3-4,6H,1-2,9H2,(H,12,13)/t4-,6+/m1/s1. The molecule has 70 valence electrons. The Morgan fingerprint density at radius 1 is 1.69 bits per heavy atom. The van der Waals surface area contributed by atoms with Gasteiger partial charge < -0.3 is 10.8 Å². The number of rotatable bonds is 1. The third-order valence-corrected chi connectivity index (χ3v) is 2.55. The van der Waals surface area contributed by atoms with E-state index in [1.165, 1.54) is 4.90 Å². The molecule has 0 spiro atoms. The molecule has 0 unspecified atom stereocenters. The Morgan fingerprint density at radius 2 is 2.38 bits per heavy atom. The molecule has 0 bridgehead atoms. The van der Waals surface area contributed by atoms with Gasteiger partial charge in [0.1, 0.15) is 11.7 Å². The van der Waals surface area contributed by atoms with Crippen LogP contribution in [0.25, 0.3) is 0 Å². The van der Waals surface area contributed by atoms with Crippen LogP contribution >= 0.6 is 0 Å². The van der Waals surface area contributed by atoms with Gasteiger partial charge in [-0.2, -0.15) is 0 Å². The molecule has 1 saturated heterocycles. The molecule has 0 aromatic carbocycles. The Labute approximate surface area is 74.8 Å². The fourth-order valence-electron chi connectivity index (χ4n) is 1.85. The summed E-state index contributed by atoms with van der Waals surface area (Å²) in [6, 6.07) is -0.591. The van der Waals surface area contributed by atoms with Gasteiger partial charge >= 0.3 is 5.97 Å². The number of β-lactam (4-membered cyclic amide) rings is 1. The highest BCUT2D eigenvalue weighted by Crippen LogP contribution is 2.31. The number of carboxylic acid groups (broad SMARTS) is 1. The lowest BCUT2D eigenvalue weighted by atomic mass is 9.87. The van der Waals surface area contributed by atoms with Crippen LogP contribution in [-0.4, -0.2) is 34.0 Å². The van der Waals surface area contributed by atoms with Gasteiger partial charge in [0.2, 0.25) is 5.91 Å². The summed E-state index contributed by atoms with van der Waals surface area (Å²) in [4.78, 5) is 23.2. The fourth-order valence-corrected chi connectivity index (χ4v) is 1.85. The lowest BCUT2D eigenvalue weighted by Crippen LogP contribution is -2.69. The molecular formula is C8H10N2O3. The maximum Gasteiger partial charge on any atom is 0.352 e. The zero-order chi connectivity index (χ0) is 9.59. The van der Waals surface area contributed by atoms with E-state index in [2.05, 4.69) is 0 Å². The van der Waals surface area contributed by atoms with Crippen molar-refractivity contribution in [2.24, 2.45) is 5.73 Å². The average molecular weight is 182 g/mol. The van der Waals surface area contributed by atoms with Crippen molar-refractivity contribution in [3.05, 3.63) is 11.8 Å². The SMILES string of the molecule is N[C@@H]1C(=O)N2C(C(=O)O)=CCC[C@H]12. The number of hydrogen-bond donors (Lipinski definition) is 2. The van der Waals surface area contributed by atoms with E-state index in [1.807, 2.05) is 0 Å². The topological polar surface area (TPSA) is 83.6 Å². The van der Waals surface area contributed by atoms with Gasteiger partial charge in [0.05, 0.1) is 6.04 Å². The van der Waals surface area contributed by atoms with E-state index in [0.717, 1.165) is 6.42 Å². The van der Waals surface area contributed by atoms with Crippen molar-refractivity contribution < 1.29 is 14.7 Å². The summed E-state index contributed by atoms with van der Waals surface area (Å²) in [5.74, 6) is -1.33. The maximum atomic E-state index is 11.2. The molecule has 5 heteroatoms. The number of carbonyl (C=O) groups excluding carboxylic acids is 1. The van der Waals surface area contributed by atoms with Crippen molar-refractivity contribution in [3.63, 3.8) is 0 Å². The summed E-state index contributed by atoms with van der Waals surface area (Å²) in [7, 11) is 0. The first kappa shape index (κ1) is 8.25. The number of allylic oxidation sites excluding steroid dienone is 1. The highest BCUT2D eigenvalue weighted by molar-refractivity contribution is 5.99. The average Bonchev–Trinajstić information content (AvgIpc) is 2.15. The van der Waals surface area contributed by atoms with Crippen LogP contribution in [0.15, 0.2) is 11.8 Å². The van der Waals surface area contributed by atoms with Gasteiger partial charge in [-0.25, -0.2) is 4.79 Å². The minimum Gasteiger partial charge on any atom is -0.477 e. The second kappa shape index (κ2) is 2.56. The first-order valence-corrected chi connectivity index (χ1v) is 4.15. The van der Waals surface area contributed by atoms with Gasteiger partial charge in [-0.05, 0) is 12.8 Å². The number of nitrogens with zero attached hydrogens (tertiary/aromatic N) is 1. The molecule has 0 radical (unpaired) electrons. The number of carbonyl (C=O) groups is 2. The van der Waals surface area contributed by atoms with Gasteiger partial charge in [0, 0.05) is 0 Å². The third-order valence-electron chi connectivity index (χ3n) is 2.55. The molecule has 2 heterocycles. The Balaban J connectivity index is 2.27. The van der Waals surface area contributed by atoms with Crippen LogP contribution in [0.4, 0.5) is 0 Å².